The maximum absolute atomic E-state index is 12.5. The lowest BCUT2D eigenvalue weighted by Gasteiger charge is -2.31. The molecule has 0 atom stereocenters. The summed E-state index contributed by atoms with van der Waals surface area (Å²) in [6.07, 6.45) is 4.18. The molecule has 1 aromatic carbocycles. The summed E-state index contributed by atoms with van der Waals surface area (Å²) in [5.41, 5.74) is 4.01. The fraction of sp³-hybridized carbons (Fsp3) is 0.526. The molecule has 0 N–H and O–H groups in total. The van der Waals surface area contributed by atoms with Gasteiger partial charge in [0.25, 0.3) is 0 Å². The van der Waals surface area contributed by atoms with E-state index in [1.165, 1.54) is 16.7 Å². The number of carbonyl (C=O) groups is 1. The molecule has 0 unspecified atom stereocenters. The Hall–Kier alpha value is -2.17. The van der Waals surface area contributed by atoms with Gasteiger partial charge in [-0.3, -0.25) is 4.79 Å². The van der Waals surface area contributed by atoms with Crippen molar-refractivity contribution in [3.05, 3.63) is 46.6 Å². The number of carbonyl (C=O) groups excluding carboxylic acids is 1. The summed E-state index contributed by atoms with van der Waals surface area (Å²) < 4.78 is 5.17. The fourth-order valence-corrected chi connectivity index (χ4v) is 3.63. The number of amides is 1. The van der Waals surface area contributed by atoms with E-state index in [9.17, 15) is 4.79 Å². The van der Waals surface area contributed by atoms with E-state index in [1.54, 1.807) is 0 Å². The highest BCUT2D eigenvalue weighted by Gasteiger charge is 2.32. The first kappa shape index (κ1) is 15.4. The van der Waals surface area contributed by atoms with Gasteiger partial charge in [-0.1, -0.05) is 34.5 Å². The molecule has 5 heteroatoms. The zero-order chi connectivity index (χ0) is 16.7. The predicted molar refractivity (Wildman–Crippen MR) is 90.1 cm³/mol. The molecule has 2 aliphatic rings. The highest BCUT2D eigenvalue weighted by molar-refractivity contribution is 5.89. The van der Waals surface area contributed by atoms with Crippen molar-refractivity contribution in [3.63, 3.8) is 0 Å². The lowest BCUT2D eigenvalue weighted by molar-refractivity contribution is 0.0663. The van der Waals surface area contributed by atoms with Gasteiger partial charge in [0.05, 0.1) is 0 Å². The van der Waals surface area contributed by atoms with Gasteiger partial charge in [-0.2, -0.15) is 4.98 Å². The normalized spacial score (nSPS) is 18.8. The van der Waals surface area contributed by atoms with Crippen LogP contribution in [0, 0.1) is 13.8 Å². The van der Waals surface area contributed by atoms with E-state index < -0.39 is 0 Å². The van der Waals surface area contributed by atoms with E-state index in [1.807, 2.05) is 4.90 Å². The molecule has 2 fully saturated rings. The third-order valence-electron chi connectivity index (χ3n) is 5.06. The molecule has 0 spiro atoms. The van der Waals surface area contributed by atoms with Crippen molar-refractivity contribution >= 4 is 5.91 Å². The summed E-state index contributed by atoms with van der Waals surface area (Å²) in [6, 6.07) is 6.75. The van der Waals surface area contributed by atoms with Crippen molar-refractivity contribution in [2.75, 3.05) is 13.1 Å². The minimum absolute atomic E-state index is 0.117. The van der Waals surface area contributed by atoms with Crippen LogP contribution in [0.3, 0.4) is 0 Å². The van der Waals surface area contributed by atoms with Crippen molar-refractivity contribution in [3.8, 4) is 0 Å². The van der Waals surface area contributed by atoms with Gasteiger partial charge in [-0.15, -0.1) is 0 Å². The third kappa shape index (κ3) is 3.07. The molecule has 0 radical (unpaired) electrons. The van der Waals surface area contributed by atoms with Crippen LogP contribution < -0.4 is 0 Å². The molecule has 1 aliphatic carbocycles. The summed E-state index contributed by atoms with van der Waals surface area (Å²) in [6.45, 7) is 5.78. The minimum atomic E-state index is -0.117. The Bertz CT molecular complexity index is 735. The molecule has 4 rings (SSSR count). The van der Waals surface area contributed by atoms with Gasteiger partial charge in [0, 0.05) is 19.0 Å². The van der Waals surface area contributed by atoms with Crippen LogP contribution in [-0.2, 0) is 0 Å². The number of hydrogen-bond acceptors (Lipinski definition) is 4. The van der Waals surface area contributed by atoms with Gasteiger partial charge in [-0.25, -0.2) is 0 Å². The molecule has 1 saturated carbocycles. The van der Waals surface area contributed by atoms with Crippen LogP contribution in [0.2, 0.25) is 0 Å². The summed E-state index contributed by atoms with van der Waals surface area (Å²) in [5.74, 6) is 1.67. The Morgan fingerprint density at radius 1 is 1.04 bits per heavy atom. The number of hydrogen-bond donors (Lipinski definition) is 0. The first-order chi connectivity index (χ1) is 11.6. The molecule has 1 aromatic heterocycles. The van der Waals surface area contributed by atoms with Gasteiger partial charge in [0.1, 0.15) is 0 Å². The summed E-state index contributed by atoms with van der Waals surface area (Å²) in [7, 11) is 0. The number of aryl methyl sites for hydroxylation is 2. The lowest BCUT2D eigenvalue weighted by atomic mass is 9.88. The van der Waals surface area contributed by atoms with E-state index in [4.69, 9.17) is 4.52 Å². The Kier molecular flexibility index (Phi) is 3.87. The minimum Gasteiger partial charge on any atom is -0.334 e. The van der Waals surface area contributed by atoms with E-state index in [0.717, 1.165) is 38.8 Å². The highest BCUT2D eigenvalue weighted by atomic mass is 16.5. The second-order valence-corrected chi connectivity index (χ2v) is 7.22. The van der Waals surface area contributed by atoms with E-state index in [0.29, 0.717) is 17.7 Å². The zero-order valence-electron chi connectivity index (χ0n) is 14.3. The quantitative estimate of drug-likeness (QED) is 0.865. The van der Waals surface area contributed by atoms with Crippen LogP contribution in [0.4, 0.5) is 0 Å². The van der Waals surface area contributed by atoms with Crippen molar-refractivity contribution < 1.29 is 9.32 Å². The molecule has 2 heterocycles. The summed E-state index contributed by atoms with van der Waals surface area (Å²) in [5, 5.41) is 3.94. The second-order valence-electron chi connectivity index (χ2n) is 7.22. The fourth-order valence-electron chi connectivity index (χ4n) is 3.63. The van der Waals surface area contributed by atoms with E-state index >= 15 is 0 Å². The van der Waals surface area contributed by atoms with Gasteiger partial charge < -0.3 is 9.42 Å². The van der Waals surface area contributed by atoms with E-state index in [2.05, 4.69) is 42.2 Å². The van der Waals surface area contributed by atoms with Crippen LogP contribution in [-0.4, -0.2) is 34.0 Å². The van der Waals surface area contributed by atoms with Crippen LogP contribution in [0.1, 0.15) is 70.7 Å². The molecule has 24 heavy (non-hydrogen) atoms. The van der Waals surface area contributed by atoms with Crippen LogP contribution >= 0.6 is 0 Å². The number of piperidine rings is 1. The van der Waals surface area contributed by atoms with E-state index in [-0.39, 0.29) is 11.8 Å². The van der Waals surface area contributed by atoms with Crippen molar-refractivity contribution in [1.29, 1.82) is 0 Å². The van der Waals surface area contributed by atoms with Crippen LogP contribution in [0.5, 0.6) is 0 Å². The summed E-state index contributed by atoms with van der Waals surface area (Å²) in [4.78, 5) is 18.7. The summed E-state index contributed by atoms with van der Waals surface area (Å²) >= 11 is 0. The van der Waals surface area contributed by atoms with Crippen LogP contribution in [0.25, 0.3) is 0 Å². The Morgan fingerprint density at radius 3 is 2.33 bits per heavy atom. The molecule has 5 nitrogen and oxygen atoms in total. The van der Waals surface area contributed by atoms with Crippen molar-refractivity contribution in [1.82, 2.24) is 15.0 Å². The highest BCUT2D eigenvalue weighted by Crippen LogP contribution is 2.38. The lowest BCUT2D eigenvalue weighted by Crippen LogP contribution is -2.38. The monoisotopic (exact) mass is 325 g/mol. The smallest absolute Gasteiger partial charge is 0.316 e. The Balaban J connectivity index is 1.40. The van der Waals surface area contributed by atoms with Crippen LogP contribution in [0.15, 0.2) is 22.7 Å². The molecule has 2 aromatic rings. The molecule has 126 valence electrons. The maximum Gasteiger partial charge on any atom is 0.316 e. The van der Waals surface area contributed by atoms with Gasteiger partial charge in [0.2, 0.25) is 0 Å². The standard InChI is InChI=1S/C19H23N3O2/c1-12-9-13(2)11-16(10-12)14-5-7-22(8-6-14)19(23)18-20-17(21-24-18)15-3-4-15/h9-11,14-15H,3-8H2,1-2H3. The molecular weight excluding hydrogens is 302 g/mol. The number of benzene rings is 1. The number of rotatable bonds is 3. The first-order valence-corrected chi connectivity index (χ1v) is 8.81. The van der Waals surface area contributed by atoms with Gasteiger partial charge in [-0.05, 0) is 51.0 Å². The Labute approximate surface area is 142 Å². The number of nitrogens with zero attached hydrogens (tertiary/aromatic N) is 3. The van der Waals surface area contributed by atoms with Crippen molar-refractivity contribution in [2.24, 2.45) is 0 Å². The molecule has 1 aliphatic heterocycles. The number of aromatic nitrogens is 2. The Morgan fingerprint density at radius 2 is 1.71 bits per heavy atom. The molecule has 0 bridgehead atoms. The molecule has 1 amide bonds. The molecular formula is C19H23N3O2. The maximum atomic E-state index is 12.5. The van der Waals surface area contributed by atoms with Crippen molar-refractivity contribution in [2.45, 2.75) is 51.4 Å². The number of likely N-dealkylation sites (tertiary alicyclic amines) is 1. The molecule has 1 saturated heterocycles. The third-order valence-corrected chi connectivity index (χ3v) is 5.06. The van der Waals surface area contributed by atoms with Gasteiger partial charge in [0.15, 0.2) is 5.82 Å². The topological polar surface area (TPSA) is 59.2 Å². The van der Waals surface area contributed by atoms with Gasteiger partial charge >= 0.3 is 11.8 Å². The first-order valence-electron chi connectivity index (χ1n) is 8.81. The average molecular weight is 325 g/mol. The average Bonchev–Trinajstić information content (AvgIpc) is 3.31. The second kappa shape index (κ2) is 6.04. The predicted octanol–water partition coefficient (Wildman–Crippen LogP) is 3.58. The SMILES string of the molecule is Cc1cc(C)cc(C2CCN(C(=O)c3nc(C4CC4)no3)CC2)c1. The zero-order valence-corrected chi connectivity index (χ0v) is 14.3. The largest absolute Gasteiger partial charge is 0.334 e.